The second-order valence-corrected chi connectivity index (χ2v) is 7.58. The van der Waals surface area contributed by atoms with Crippen molar-refractivity contribution in [2.45, 2.75) is 26.7 Å². The van der Waals surface area contributed by atoms with Gasteiger partial charge in [0.25, 0.3) is 0 Å². The Kier molecular flexibility index (Phi) is 7.97. The van der Waals surface area contributed by atoms with Crippen molar-refractivity contribution in [1.29, 1.82) is 0 Å². The fourth-order valence-corrected chi connectivity index (χ4v) is 4.03. The highest BCUT2D eigenvalue weighted by Gasteiger charge is 2.29. The van der Waals surface area contributed by atoms with E-state index in [2.05, 4.69) is 15.2 Å². The van der Waals surface area contributed by atoms with Crippen molar-refractivity contribution < 1.29 is 19.0 Å². The van der Waals surface area contributed by atoms with Crippen LogP contribution in [0.1, 0.15) is 26.7 Å². The Morgan fingerprint density at radius 3 is 2.44 bits per heavy atom. The third-order valence-corrected chi connectivity index (χ3v) is 5.71. The van der Waals surface area contributed by atoms with Crippen molar-refractivity contribution in [1.82, 2.24) is 14.9 Å². The molecule has 1 aliphatic rings. The Hall–Kier alpha value is -3.23. The molecule has 1 N–H and O–H groups in total. The molecule has 1 aliphatic heterocycles. The molecule has 174 valence electrons. The van der Waals surface area contributed by atoms with Crippen molar-refractivity contribution in [2.75, 3.05) is 57.7 Å². The molecule has 1 saturated heterocycles. The normalized spacial score (nSPS) is 15.8. The predicted octanol–water partition coefficient (Wildman–Crippen LogP) is 3.33. The average Bonchev–Trinajstić information content (AvgIpc) is 2.84. The van der Waals surface area contributed by atoms with Crippen LogP contribution in [0.15, 0.2) is 24.4 Å². The summed E-state index contributed by atoms with van der Waals surface area (Å²) in [5.41, 5.74) is 0.748. The van der Waals surface area contributed by atoms with E-state index in [4.69, 9.17) is 19.2 Å². The summed E-state index contributed by atoms with van der Waals surface area (Å²) in [5, 5.41) is 3.29. The second-order valence-electron chi connectivity index (χ2n) is 7.58. The number of carbonyl (C=O) groups is 1. The first-order valence-electron chi connectivity index (χ1n) is 11.0. The number of amides is 1. The molecule has 0 saturated carbocycles. The monoisotopic (exact) mass is 443 g/mol. The van der Waals surface area contributed by atoms with E-state index < -0.39 is 0 Å². The third kappa shape index (κ3) is 5.15. The van der Waals surface area contributed by atoms with Gasteiger partial charge in [0.1, 0.15) is 5.82 Å². The summed E-state index contributed by atoms with van der Waals surface area (Å²) in [4.78, 5) is 26.0. The molecule has 1 fully saturated rings. The van der Waals surface area contributed by atoms with Crippen LogP contribution in [-0.2, 0) is 4.79 Å². The lowest BCUT2D eigenvalue weighted by molar-refractivity contribution is -0.135. The quantitative estimate of drug-likeness (QED) is 0.631. The highest BCUT2D eigenvalue weighted by molar-refractivity contribution is 5.79. The van der Waals surface area contributed by atoms with E-state index in [0.29, 0.717) is 35.6 Å². The number of hydrogen-bond donors (Lipinski definition) is 1. The van der Waals surface area contributed by atoms with Gasteiger partial charge in [0.15, 0.2) is 11.5 Å². The number of hydrogen-bond acceptors (Lipinski definition) is 8. The van der Waals surface area contributed by atoms with Gasteiger partial charge in [-0.05, 0) is 32.8 Å². The minimum Gasteiger partial charge on any atom is -0.493 e. The van der Waals surface area contributed by atoms with E-state index in [1.54, 1.807) is 33.6 Å². The number of nitrogens with zero attached hydrogens (tertiary/aromatic N) is 4. The van der Waals surface area contributed by atoms with Crippen LogP contribution in [-0.4, -0.2) is 68.3 Å². The van der Waals surface area contributed by atoms with E-state index in [9.17, 15) is 4.79 Å². The van der Waals surface area contributed by atoms with E-state index in [1.165, 1.54) is 0 Å². The van der Waals surface area contributed by atoms with Crippen molar-refractivity contribution in [2.24, 2.45) is 5.92 Å². The second kappa shape index (κ2) is 10.9. The van der Waals surface area contributed by atoms with Gasteiger partial charge in [0.2, 0.25) is 17.6 Å². The van der Waals surface area contributed by atoms with Gasteiger partial charge >= 0.3 is 0 Å². The van der Waals surface area contributed by atoms with Gasteiger partial charge in [-0.25, -0.2) is 4.98 Å². The van der Waals surface area contributed by atoms with Gasteiger partial charge in [-0.15, -0.1) is 0 Å². The van der Waals surface area contributed by atoms with Crippen LogP contribution in [0.4, 0.5) is 17.5 Å². The first kappa shape index (κ1) is 23.4. The first-order chi connectivity index (χ1) is 15.5. The Balaban J connectivity index is 1.78. The Labute approximate surface area is 189 Å². The molecule has 32 heavy (non-hydrogen) atoms. The van der Waals surface area contributed by atoms with Crippen LogP contribution in [0.3, 0.4) is 0 Å². The number of aromatic nitrogens is 2. The lowest BCUT2D eigenvalue weighted by Crippen LogP contribution is -2.45. The predicted molar refractivity (Wildman–Crippen MR) is 124 cm³/mol. The molecular weight excluding hydrogens is 410 g/mol. The van der Waals surface area contributed by atoms with E-state index in [1.807, 2.05) is 30.9 Å². The number of benzene rings is 1. The van der Waals surface area contributed by atoms with E-state index in [0.717, 1.165) is 38.2 Å². The zero-order valence-corrected chi connectivity index (χ0v) is 19.6. The third-order valence-electron chi connectivity index (χ3n) is 5.71. The number of ether oxygens (including phenoxy) is 3. The summed E-state index contributed by atoms with van der Waals surface area (Å²) in [6.45, 7) is 6.96. The number of piperidine rings is 1. The Morgan fingerprint density at radius 2 is 1.84 bits per heavy atom. The zero-order valence-electron chi connectivity index (χ0n) is 19.6. The minimum atomic E-state index is -0.0287. The number of rotatable bonds is 9. The molecule has 1 amide bonds. The van der Waals surface area contributed by atoms with Gasteiger partial charge in [-0.3, -0.25) is 4.79 Å². The van der Waals surface area contributed by atoms with E-state index >= 15 is 0 Å². The number of methoxy groups -OCH3 is 3. The Bertz CT molecular complexity index is 894. The molecule has 9 heteroatoms. The van der Waals surface area contributed by atoms with Gasteiger partial charge in [0.05, 0.1) is 27.2 Å². The number of carbonyl (C=O) groups excluding carboxylic acids is 1. The summed E-state index contributed by atoms with van der Waals surface area (Å²) in [7, 11) is 4.73. The van der Waals surface area contributed by atoms with Crippen molar-refractivity contribution in [3.05, 3.63) is 24.4 Å². The van der Waals surface area contributed by atoms with Crippen LogP contribution in [0.2, 0.25) is 0 Å². The van der Waals surface area contributed by atoms with Crippen LogP contribution in [0, 0.1) is 5.92 Å². The van der Waals surface area contributed by atoms with Gasteiger partial charge in [0, 0.05) is 50.2 Å². The molecule has 2 aromatic rings. The fourth-order valence-electron chi connectivity index (χ4n) is 4.03. The zero-order chi connectivity index (χ0) is 23.1. The molecule has 1 aromatic heterocycles. The molecule has 1 unspecified atom stereocenters. The lowest BCUT2D eigenvalue weighted by Gasteiger charge is -2.34. The summed E-state index contributed by atoms with van der Waals surface area (Å²) in [6.07, 6.45) is 3.55. The van der Waals surface area contributed by atoms with Gasteiger partial charge in [-0.1, -0.05) is 0 Å². The Morgan fingerprint density at radius 1 is 1.16 bits per heavy atom. The number of nitrogens with one attached hydrogen (secondary N) is 1. The standard InChI is InChI=1S/C23H33N5O4/c1-6-27(7-2)22(29)16-9-8-12-28(15-16)23-24-11-10-20(26-23)25-17-13-18(30-3)21(32-5)19(14-17)31-4/h10-11,13-14,16H,6-9,12,15H2,1-5H3,(H,24,25,26). The van der Waals surface area contributed by atoms with Gasteiger partial charge < -0.3 is 29.3 Å². The van der Waals surface area contributed by atoms with Crippen molar-refractivity contribution in [3.63, 3.8) is 0 Å². The summed E-state index contributed by atoms with van der Waals surface area (Å²) in [5.74, 6) is 3.07. The largest absolute Gasteiger partial charge is 0.493 e. The molecule has 2 heterocycles. The SMILES string of the molecule is CCN(CC)C(=O)C1CCCN(c2nccc(Nc3cc(OC)c(OC)c(OC)c3)n2)C1. The van der Waals surface area contributed by atoms with Crippen LogP contribution < -0.4 is 24.4 Å². The minimum absolute atomic E-state index is 0.0287. The molecule has 0 bridgehead atoms. The number of anilines is 3. The van der Waals surface area contributed by atoms with Crippen LogP contribution in [0.25, 0.3) is 0 Å². The highest BCUT2D eigenvalue weighted by Crippen LogP contribution is 2.40. The van der Waals surface area contributed by atoms with E-state index in [-0.39, 0.29) is 11.8 Å². The molecule has 3 rings (SSSR count). The maximum atomic E-state index is 12.8. The lowest BCUT2D eigenvalue weighted by atomic mass is 9.96. The maximum Gasteiger partial charge on any atom is 0.227 e. The fraction of sp³-hybridized carbons (Fsp3) is 0.522. The molecule has 0 spiro atoms. The summed E-state index contributed by atoms with van der Waals surface area (Å²) >= 11 is 0. The molecule has 0 radical (unpaired) electrons. The summed E-state index contributed by atoms with van der Waals surface area (Å²) in [6, 6.07) is 5.45. The molecule has 1 atom stereocenters. The summed E-state index contributed by atoms with van der Waals surface area (Å²) < 4.78 is 16.2. The van der Waals surface area contributed by atoms with Crippen molar-refractivity contribution in [3.8, 4) is 17.2 Å². The topological polar surface area (TPSA) is 89.1 Å². The molecule has 0 aliphatic carbocycles. The smallest absolute Gasteiger partial charge is 0.227 e. The first-order valence-corrected chi connectivity index (χ1v) is 11.0. The molecule has 1 aromatic carbocycles. The average molecular weight is 444 g/mol. The molecular formula is C23H33N5O4. The van der Waals surface area contributed by atoms with Crippen LogP contribution in [0.5, 0.6) is 17.2 Å². The van der Waals surface area contributed by atoms with Gasteiger partial charge in [-0.2, -0.15) is 4.98 Å². The van der Waals surface area contributed by atoms with Crippen molar-refractivity contribution >= 4 is 23.4 Å². The van der Waals surface area contributed by atoms with Crippen LogP contribution >= 0.6 is 0 Å². The highest BCUT2D eigenvalue weighted by atomic mass is 16.5. The molecule has 9 nitrogen and oxygen atoms in total. The maximum absolute atomic E-state index is 12.8.